The number of likely N-dealkylation sites (tertiary alicyclic amines) is 1. The Balaban J connectivity index is 1.27. The van der Waals surface area contributed by atoms with E-state index in [2.05, 4.69) is 51.3 Å². The molecule has 0 amide bonds. The molecule has 1 fully saturated rings. The summed E-state index contributed by atoms with van der Waals surface area (Å²) in [7, 11) is 0. The summed E-state index contributed by atoms with van der Waals surface area (Å²) in [5, 5.41) is 0. The van der Waals surface area contributed by atoms with Crippen molar-refractivity contribution >= 4 is 11.0 Å². The summed E-state index contributed by atoms with van der Waals surface area (Å²) in [5.41, 5.74) is 3.42. The number of fused-ring (bicyclic) bond motifs is 1. The molecule has 0 aliphatic carbocycles. The van der Waals surface area contributed by atoms with E-state index in [1.54, 1.807) is 0 Å². The molecule has 24 heavy (non-hydrogen) atoms. The first-order valence-corrected chi connectivity index (χ1v) is 8.68. The Hall–Kier alpha value is -2.17. The third-order valence-electron chi connectivity index (χ3n) is 4.67. The van der Waals surface area contributed by atoms with Crippen LogP contribution in [0.2, 0.25) is 0 Å². The second kappa shape index (κ2) is 7.16. The third-order valence-corrected chi connectivity index (χ3v) is 4.67. The molecule has 2 aromatic carbocycles. The number of piperidine rings is 1. The summed E-state index contributed by atoms with van der Waals surface area (Å²) in [4.78, 5) is 10.5. The van der Waals surface area contributed by atoms with Crippen LogP contribution < -0.4 is 0 Å². The van der Waals surface area contributed by atoms with Gasteiger partial charge in [0.15, 0.2) is 0 Å². The number of aromatic nitrogens is 2. The summed E-state index contributed by atoms with van der Waals surface area (Å²) in [5.74, 6) is 1.06. The van der Waals surface area contributed by atoms with Crippen molar-refractivity contribution in [1.29, 1.82) is 0 Å². The fourth-order valence-electron chi connectivity index (χ4n) is 3.31. The number of ether oxygens (including phenoxy) is 1. The van der Waals surface area contributed by atoms with Crippen LogP contribution in [0.4, 0.5) is 0 Å². The number of aromatic amines is 1. The lowest BCUT2D eigenvalue weighted by molar-refractivity contribution is -0.00431. The van der Waals surface area contributed by atoms with E-state index < -0.39 is 0 Å². The second-order valence-electron chi connectivity index (χ2n) is 6.47. The Morgan fingerprint density at radius 1 is 1.00 bits per heavy atom. The molecule has 1 aliphatic heterocycles. The number of nitrogens with zero attached hydrogens (tertiary/aromatic N) is 2. The van der Waals surface area contributed by atoms with Crippen molar-refractivity contribution in [1.82, 2.24) is 14.9 Å². The molecular weight excluding hydrogens is 298 g/mol. The maximum atomic E-state index is 6.07. The van der Waals surface area contributed by atoms with E-state index in [-0.39, 0.29) is 0 Å². The van der Waals surface area contributed by atoms with Gasteiger partial charge in [-0.05, 0) is 30.5 Å². The first kappa shape index (κ1) is 15.4. The number of imidazole rings is 1. The highest BCUT2D eigenvalue weighted by atomic mass is 16.5. The summed E-state index contributed by atoms with van der Waals surface area (Å²) in [6, 6.07) is 18.6. The van der Waals surface area contributed by atoms with Gasteiger partial charge in [0.2, 0.25) is 0 Å². The van der Waals surface area contributed by atoms with Crippen molar-refractivity contribution in [2.24, 2.45) is 0 Å². The van der Waals surface area contributed by atoms with E-state index in [0.717, 1.165) is 55.9 Å². The van der Waals surface area contributed by atoms with E-state index in [1.165, 1.54) is 5.56 Å². The minimum absolute atomic E-state index is 0.372. The topological polar surface area (TPSA) is 41.1 Å². The van der Waals surface area contributed by atoms with Crippen LogP contribution in [0.3, 0.4) is 0 Å². The van der Waals surface area contributed by atoms with Gasteiger partial charge in [0.1, 0.15) is 5.82 Å². The summed E-state index contributed by atoms with van der Waals surface area (Å²) < 4.78 is 6.07. The van der Waals surface area contributed by atoms with Crippen LogP contribution in [0.25, 0.3) is 11.0 Å². The molecule has 124 valence electrons. The molecule has 0 bridgehead atoms. The SMILES string of the molecule is c1ccc(COC2CCN(Cc3nc4ccccc4[nH]3)CC2)cc1. The molecule has 1 saturated heterocycles. The lowest BCUT2D eigenvalue weighted by atomic mass is 10.1. The van der Waals surface area contributed by atoms with Crippen LogP contribution in [0.5, 0.6) is 0 Å². The van der Waals surface area contributed by atoms with Crippen molar-refractivity contribution in [2.75, 3.05) is 13.1 Å². The average Bonchev–Trinajstić information content (AvgIpc) is 3.04. The van der Waals surface area contributed by atoms with Gasteiger partial charge in [0.25, 0.3) is 0 Å². The van der Waals surface area contributed by atoms with Gasteiger partial charge in [-0.25, -0.2) is 4.98 Å². The Kier molecular flexibility index (Phi) is 4.58. The van der Waals surface area contributed by atoms with Crippen molar-refractivity contribution in [3.63, 3.8) is 0 Å². The number of rotatable bonds is 5. The fourth-order valence-corrected chi connectivity index (χ4v) is 3.31. The Labute approximate surface area is 142 Å². The minimum Gasteiger partial charge on any atom is -0.373 e. The maximum absolute atomic E-state index is 6.07. The lowest BCUT2D eigenvalue weighted by Gasteiger charge is -2.31. The lowest BCUT2D eigenvalue weighted by Crippen LogP contribution is -2.36. The van der Waals surface area contributed by atoms with Gasteiger partial charge < -0.3 is 9.72 Å². The predicted molar refractivity (Wildman–Crippen MR) is 95.6 cm³/mol. The van der Waals surface area contributed by atoms with Crippen molar-refractivity contribution < 1.29 is 4.74 Å². The molecule has 4 nitrogen and oxygen atoms in total. The van der Waals surface area contributed by atoms with Crippen LogP contribution in [0.1, 0.15) is 24.2 Å². The Morgan fingerprint density at radius 3 is 2.54 bits per heavy atom. The molecule has 1 N–H and O–H groups in total. The fraction of sp³-hybridized carbons (Fsp3) is 0.350. The molecule has 3 aromatic rings. The number of benzene rings is 2. The number of nitrogens with one attached hydrogen (secondary N) is 1. The van der Waals surface area contributed by atoms with E-state index in [1.807, 2.05) is 18.2 Å². The molecule has 0 radical (unpaired) electrons. The molecular formula is C20H23N3O. The largest absolute Gasteiger partial charge is 0.373 e. The average molecular weight is 321 g/mol. The number of hydrogen-bond acceptors (Lipinski definition) is 3. The van der Waals surface area contributed by atoms with Crippen molar-refractivity contribution in [2.45, 2.75) is 32.1 Å². The molecule has 2 heterocycles. The van der Waals surface area contributed by atoms with Gasteiger partial charge in [-0.2, -0.15) is 0 Å². The smallest absolute Gasteiger partial charge is 0.121 e. The van der Waals surface area contributed by atoms with Gasteiger partial charge in [0.05, 0.1) is 30.3 Å². The summed E-state index contributed by atoms with van der Waals surface area (Å²) in [6.07, 6.45) is 2.55. The Morgan fingerprint density at radius 2 is 1.75 bits per heavy atom. The molecule has 1 aromatic heterocycles. The van der Waals surface area contributed by atoms with E-state index in [4.69, 9.17) is 4.74 Å². The second-order valence-corrected chi connectivity index (χ2v) is 6.47. The highest BCUT2D eigenvalue weighted by molar-refractivity contribution is 5.74. The van der Waals surface area contributed by atoms with Gasteiger partial charge in [-0.15, -0.1) is 0 Å². The standard InChI is InChI=1S/C20H23N3O/c1-2-6-16(7-3-1)15-24-17-10-12-23(13-11-17)14-20-21-18-8-4-5-9-19(18)22-20/h1-9,17H,10-15H2,(H,21,22). The van der Waals surface area contributed by atoms with E-state index >= 15 is 0 Å². The Bertz CT molecular complexity index is 743. The normalized spacial score (nSPS) is 16.7. The monoisotopic (exact) mass is 321 g/mol. The predicted octanol–water partition coefficient (Wildman–Crippen LogP) is 3.74. The first-order chi connectivity index (χ1) is 11.9. The molecule has 0 atom stereocenters. The van der Waals surface area contributed by atoms with Crippen LogP contribution in [-0.4, -0.2) is 34.1 Å². The highest BCUT2D eigenvalue weighted by Gasteiger charge is 2.20. The zero-order chi connectivity index (χ0) is 16.2. The van der Waals surface area contributed by atoms with Gasteiger partial charge in [-0.3, -0.25) is 4.90 Å². The van der Waals surface area contributed by atoms with Gasteiger partial charge >= 0.3 is 0 Å². The zero-order valence-corrected chi connectivity index (χ0v) is 13.8. The van der Waals surface area contributed by atoms with Gasteiger partial charge in [-0.1, -0.05) is 42.5 Å². The zero-order valence-electron chi connectivity index (χ0n) is 13.8. The molecule has 4 heteroatoms. The van der Waals surface area contributed by atoms with E-state index in [0.29, 0.717) is 6.10 Å². The van der Waals surface area contributed by atoms with Crippen molar-refractivity contribution in [3.8, 4) is 0 Å². The van der Waals surface area contributed by atoms with Gasteiger partial charge in [0, 0.05) is 13.1 Å². The maximum Gasteiger partial charge on any atom is 0.121 e. The molecule has 4 rings (SSSR count). The van der Waals surface area contributed by atoms with Crippen molar-refractivity contribution in [3.05, 3.63) is 66.0 Å². The highest BCUT2D eigenvalue weighted by Crippen LogP contribution is 2.18. The van der Waals surface area contributed by atoms with Crippen LogP contribution in [0.15, 0.2) is 54.6 Å². The van der Waals surface area contributed by atoms with Crippen LogP contribution >= 0.6 is 0 Å². The molecule has 0 unspecified atom stereocenters. The third kappa shape index (κ3) is 3.66. The summed E-state index contributed by atoms with van der Waals surface area (Å²) in [6.45, 7) is 3.74. The number of H-pyrrole nitrogens is 1. The molecule has 0 spiro atoms. The number of para-hydroxylation sites is 2. The van der Waals surface area contributed by atoms with E-state index in [9.17, 15) is 0 Å². The minimum atomic E-state index is 0.372. The van der Waals surface area contributed by atoms with Crippen LogP contribution in [0, 0.1) is 0 Å². The molecule has 1 aliphatic rings. The molecule has 0 saturated carbocycles. The number of hydrogen-bond donors (Lipinski definition) is 1. The first-order valence-electron chi connectivity index (χ1n) is 8.68. The van der Waals surface area contributed by atoms with Crippen LogP contribution in [-0.2, 0) is 17.9 Å². The summed E-state index contributed by atoms with van der Waals surface area (Å²) >= 11 is 0. The quantitative estimate of drug-likeness (QED) is 0.778.